The van der Waals surface area contributed by atoms with E-state index in [0.717, 1.165) is 18.7 Å². The molecule has 17 heavy (non-hydrogen) atoms. The third kappa shape index (κ3) is 3.17. The van der Waals surface area contributed by atoms with Gasteiger partial charge in [0.1, 0.15) is 0 Å². The van der Waals surface area contributed by atoms with Crippen LogP contribution < -0.4 is 5.32 Å². The van der Waals surface area contributed by atoms with Gasteiger partial charge in [-0.3, -0.25) is 0 Å². The lowest BCUT2D eigenvalue weighted by atomic mass is 10.3. The molecule has 0 aliphatic rings. The summed E-state index contributed by atoms with van der Waals surface area (Å²) in [5, 5.41) is 14.9. The molecule has 0 aliphatic carbocycles. The highest BCUT2D eigenvalue weighted by Gasteiger charge is 2.07. The van der Waals surface area contributed by atoms with Crippen molar-refractivity contribution in [2.75, 3.05) is 11.9 Å². The van der Waals surface area contributed by atoms with Crippen LogP contribution in [0.2, 0.25) is 0 Å². The second-order valence-corrected chi connectivity index (χ2v) is 4.49. The van der Waals surface area contributed by atoms with Gasteiger partial charge in [-0.2, -0.15) is 4.68 Å². The lowest BCUT2D eigenvalue weighted by molar-refractivity contribution is 0.783. The molecule has 1 unspecified atom stereocenters. The molecule has 1 heterocycles. The molecule has 2 aromatic rings. The van der Waals surface area contributed by atoms with Crippen LogP contribution in [0.1, 0.15) is 13.3 Å². The first-order valence-corrected chi connectivity index (χ1v) is 5.93. The van der Waals surface area contributed by atoms with Crippen molar-refractivity contribution < 1.29 is 0 Å². The van der Waals surface area contributed by atoms with Gasteiger partial charge in [-0.1, -0.05) is 23.3 Å². The van der Waals surface area contributed by atoms with Gasteiger partial charge in [0, 0.05) is 11.9 Å². The molecular formula is C11H14ClN5. The van der Waals surface area contributed by atoms with Crippen molar-refractivity contribution in [1.82, 2.24) is 20.2 Å². The first-order valence-electron chi connectivity index (χ1n) is 5.49. The van der Waals surface area contributed by atoms with Crippen LogP contribution in [0.4, 0.5) is 5.95 Å². The van der Waals surface area contributed by atoms with Gasteiger partial charge >= 0.3 is 0 Å². The number of halogens is 1. The Hall–Kier alpha value is -1.62. The van der Waals surface area contributed by atoms with Crippen LogP contribution >= 0.6 is 11.6 Å². The topological polar surface area (TPSA) is 55.6 Å². The van der Waals surface area contributed by atoms with E-state index >= 15 is 0 Å². The molecule has 5 nitrogen and oxygen atoms in total. The average molecular weight is 252 g/mol. The van der Waals surface area contributed by atoms with Crippen molar-refractivity contribution in [3.8, 4) is 5.69 Å². The van der Waals surface area contributed by atoms with Crippen LogP contribution in [0.25, 0.3) is 5.69 Å². The molecule has 1 atom stereocenters. The van der Waals surface area contributed by atoms with E-state index in [1.807, 2.05) is 37.3 Å². The summed E-state index contributed by atoms with van der Waals surface area (Å²) in [5.74, 6) is 0.633. The van der Waals surface area contributed by atoms with Crippen LogP contribution in [-0.2, 0) is 0 Å². The van der Waals surface area contributed by atoms with Crippen LogP contribution in [-0.4, -0.2) is 32.1 Å². The fourth-order valence-electron chi connectivity index (χ4n) is 1.42. The number of benzene rings is 1. The molecule has 0 spiro atoms. The van der Waals surface area contributed by atoms with Gasteiger partial charge < -0.3 is 5.32 Å². The normalized spacial score (nSPS) is 12.4. The molecule has 0 saturated carbocycles. The molecular weight excluding hydrogens is 238 g/mol. The molecule has 1 aromatic heterocycles. The zero-order valence-electron chi connectivity index (χ0n) is 9.55. The van der Waals surface area contributed by atoms with Gasteiger partial charge in [-0.15, -0.1) is 11.6 Å². The van der Waals surface area contributed by atoms with E-state index in [1.54, 1.807) is 4.68 Å². The first kappa shape index (κ1) is 11.9. The quantitative estimate of drug-likeness (QED) is 0.827. The fourth-order valence-corrected chi connectivity index (χ4v) is 1.53. The molecule has 0 bridgehead atoms. The minimum atomic E-state index is 0.142. The van der Waals surface area contributed by atoms with Gasteiger partial charge in [0.2, 0.25) is 5.95 Å². The van der Waals surface area contributed by atoms with Crippen LogP contribution in [0.15, 0.2) is 30.3 Å². The first-order chi connectivity index (χ1) is 8.27. The summed E-state index contributed by atoms with van der Waals surface area (Å²) in [6.45, 7) is 2.71. The van der Waals surface area contributed by atoms with Gasteiger partial charge in [0.15, 0.2) is 0 Å². The standard InChI is InChI=1S/C11H14ClN5/c1-9(12)7-8-13-11-14-15-16-17(11)10-5-3-2-4-6-10/h2-6,9H,7-8H2,1H3,(H,13,14,16). The third-order valence-corrected chi connectivity index (χ3v) is 2.51. The number of nitrogens with one attached hydrogen (secondary N) is 1. The third-order valence-electron chi connectivity index (χ3n) is 2.30. The zero-order valence-corrected chi connectivity index (χ0v) is 10.3. The summed E-state index contributed by atoms with van der Waals surface area (Å²) < 4.78 is 1.67. The summed E-state index contributed by atoms with van der Waals surface area (Å²) in [5.41, 5.74) is 0.930. The van der Waals surface area contributed by atoms with Crippen molar-refractivity contribution in [3.63, 3.8) is 0 Å². The van der Waals surface area contributed by atoms with Crippen LogP contribution in [0.5, 0.6) is 0 Å². The number of tetrazole rings is 1. The van der Waals surface area contributed by atoms with E-state index in [-0.39, 0.29) is 5.38 Å². The zero-order chi connectivity index (χ0) is 12.1. The average Bonchev–Trinajstić information content (AvgIpc) is 2.78. The minimum absolute atomic E-state index is 0.142. The summed E-state index contributed by atoms with van der Waals surface area (Å²) in [6.07, 6.45) is 0.864. The number of alkyl halides is 1. The summed E-state index contributed by atoms with van der Waals surface area (Å²) in [7, 11) is 0. The van der Waals surface area contributed by atoms with Crippen LogP contribution in [0.3, 0.4) is 0 Å². The maximum absolute atomic E-state index is 5.88. The Morgan fingerprint density at radius 3 is 2.82 bits per heavy atom. The largest absolute Gasteiger partial charge is 0.353 e. The van der Waals surface area contributed by atoms with Crippen molar-refractivity contribution in [3.05, 3.63) is 30.3 Å². The molecule has 0 fully saturated rings. The Kier molecular flexibility index (Phi) is 3.93. The molecule has 0 aliphatic heterocycles. The predicted octanol–water partition coefficient (Wildman–Crippen LogP) is 2.09. The Morgan fingerprint density at radius 1 is 1.35 bits per heavy atom. The Balaban J connectivity index is 2.07. The summed E-state index contributed by atoms with van der Waals surface area (Å²) >= 11 is 5.88. The maximum atomic E-state index is 5.88. The monoisotopic (exact) mass is 251 g/mol. The highest BCUT2D eigenvalue weighted by atomic mass is 35.5. The number of rotatable bonds is 5. The number of nitrogens with zero attached hydrogens (tertiary/aromatic N) is 4. The second-order valence-electron chi connectivity index (χ2n) is 3.75. The van der Waals surface area contributed by atoms with Crippen molar-refractivity contribution in [2.45, 2.75) is 18.7 Å². The van der Waals surface area contributed by atoms with Gasteiger partial charge in [0.05, 0.1) is 5.69 Å². The lowest BCUT2D eigenvalue weighted by Crippen LogP contribution is -2.11. The summed E-state index contributed by atoms with van der Waals surface area (Å²) in [6, 6.07) is 9.75. The van der Waals surface area contributed by atoms with E-state index in [0.29, 0.717) is 5.95 Å². The van der Waals surface area contributed by atoms with E-state index in [9.17, 15) is 0 Å². The van der Waals surface area contributed by atoms with E-state index in [2.05, 4.69) is 20.8 Å². The second kappa shape index (κ2) is 5.63. The fraction of sp³-hybridized carbons (Fsp3) is 0.364. The van der Waals surface area contributed by atoms with Crippen molar-refractivity contribution in [2.24, 2.45) is 0 Å². The highest BCUT2D eigenvalue weighted by molar-refractivity contribution is 6.20. The van der Waals surface area contributed by atoms with Crippen molar-refractivity contribution in [1.29, 1.82) is 0 Å². The molecule has 0 radical (unpaired) electrons. The Bertz CT molecular complexity index is 454. The summed E-state index contributed by atoms with van der Waals surface area (Å²) in [4.78, 5) is 0. The lowest BCUT2D eigenvalue weighted by Gasteiger charge is -2.07. The minimum Gasteiger partial charge on any atom is -0.353 e. The molecule has 1 N–H and O–H groups in total. The van der Waals surface area contributed by atoms with Gasteiger partial charge in [-0.25, -0.2) is 0 Å². The molecule has 90 valence electrons. The van der Waals surface area contributed by atoms with E-state index < -0.39 is 0 Å². The molecule has 0 amide bonds. The molecule has 0 saturated heterocycles. The predicted molar refractivity (Wildman–Crippen MR) is 67.6 cm³/mol. The smallest absolute Gasteiger partial charge is 0.247 e. The maximum Gasteiger partial charge on any atom is 0.247 e. The molecule has 1 aromatic carbocycles. The van der Waals surface area contributed by atoms with E-state index in [4.69, 9.17) is 11.6 Å². The Labute approximate surface area is 105 Å². The number of para-hydroxylation sites is 1. The van der Waals surface area contributed by atoms with Crippen molar-refractivity contribution >= 4 is 17.5 Å². The Morgan fingerprint density at radius 2 is 2.12 bits per heavy atom. The van der Waals surface area contributed by atoms with E-state index in [1.165, 1.54) is 0 Å². The number of hydrogen-bond donors (Lipinski definition) is 1. The van der Waals surface area contributed by atoms with Gasteiger partial charge in [0.25, 0.3) is 0 Å². The molecule has 6 heteroatoms. The number of hydrogen-bond acceptors (Lipinski definition) is 4. The molecule has 2 rings (SSSR count). The SMILES string of the molecule is CC(Cl)CCNc1nnnn1-c1ccccc1. The van der Waals surface area contributed by atoms with Gasteiger partial charge in [-0.05, 0) is 35.9 Å². The number of aromatic nitrogens is 4. The number of anilines is 1. The highest BCUT2D eigenvalue weighted by Crippen LogP contribution is 2.10. The van der Waals surface area contributed by atoms with Crippen LogP contribution in [0, 0.1) is 0 Å².